The van der Waals surface area contributed by atoms with E-state index in [1.807, 2.05) is 0 Å². The van der Waals surface area contributed by atoms with Gasteiger partial charge >= 0.3 is 0 Å². The Bertz CT molecular complexity index is 336. The van der Waals surface area contributed by atoms with Crippen molar-refractivity contribution in [3.05, 3.63) is 33.3 Å². The quantitative estimate of drug-likeness (QED) is 0.720. The minimum Gasteiger partial charge on any atom is -0.394 e. The Balaban J connectivity index is 2.64. The van der Waals surface area contributed by atoms with Crippen LogP contribution in [0.2, 0.25) is 10.0 Å². The molecule has 2 N–H and O–H groups in total. The largest absolute Gasteiger partial charge is 0.394 e. The van der Waals surface area contributed by atoms with E-state index in [1.54, 1.807) is 12.1 Å². The van der Waals surface area contributed by atoms with Gasteiger partial charge in [-0.3, -0.25) is 0 Å². The summed E-state index contributed by atoms with van der Waals surface area (Å²) in [5, 5.41) is 18.3. The first kappa shape index (κ1) is 15.7. The van der Waals surface area contributed by atoms with Crippen molar-refractivity contribution in [2.75, 3.05) is 26.4 Å². The molecule has 6 heteroatoms. The molecule has 0 heterocycles. The standard InChI is InChI=1S/C12H16Cl2O4/c13-11-6-10(8-18-4-2-16)12(14)5-9(11)7-17-3-1-15/h5-6,15-16H,1-4,7-8H2. The Labute approximate surface area is 116 Å². The van der Waals surface area contributed by atoms with E-state index >= 15 is 0 Å². The van der Waals surface area contributed by atoms with Gasteiger partial charge in [0.25, 0.3) is 0 Å². The first-order chi connectivity index (χ1) is 8.69. The van der Waals surface area contributed by atoms with Crippen molar-refractivity contribution in [2.24, 2.45) is 0 Å². The number of hydrogen-bond donors (Lipinski definition) is 2. The Morgan fingerprint density at radius 2 is 1.22 bits per heavy atom. The molecule has 0 spiro atoms. The number of hydrogen-bond acceptors (Lipinski definition) is 4. The number of aliphatic hydroxyl groups excluding tert-OH is 2. The summed E-state index contributed by atoms with van der Waals surface area (Å²) in [6.45, 7) is 1.06. The van der Waals surface area contributed by atoms with Crippen LogP contribution in [0.3, 0.4) is 0 Å². The normalized spacial score (nSPS) is 10.9. The van der Waals surface area contributed by atoms with E-state index in [4.69, 9.17) is 42.9 Å². The average Bonchev–Trinajstić information content (AvgIpc) is 2.35. The lowest BCUT2D eigenvalue weighted by atomic mass is 10.1. The molecule has 0 saturated carbocycles. The second-order valence-electron chi connectivity index (χ2n) is 3.59. The van der Waals surface area contributed by atoms with Crippen LogP contribution < -0.4 is 0 Å². The summed E-state index contributed by atoms with van der Waals surface area (Å²) in [5.74, 6) is 0. The van der Waals surface area contributed by atoms with Crippen molar-refractivity contribution < 1.29 is 19.7 Å². The molecule has 0 amide bonds. The third kappa shape index (κ3) is 5.10. The van der Waals surface area contributed by atoms with Gasteiger partial charge in [-0.2, -0.15) is 0 Å². The molecule has 0 aromatic heterocycles. The van der Waals surface area contributed by atoms with Gasteiger partial charge in [-0.15, -0.1) is 0 Å². The highest BCUT2D eigenvalue weighted by molar-refractivity contribution is 6.34. The molecule has 1 rings (SSSR count). The van der Waals surface area contributed by atoms with Crippen molar-refractivity contribution in [1.82, 2.24) is 0 Å². The van der Waals surface area contributed by atoms with Crippen LogP contribution in [0.5, 0.6) is 0 Å². The van der Waals surface area contributed by atoms with Crippen LogP contribution in [0.4, 0.5) is 0 Å². The van der Waals surface area contributed by atoms with Crippen LogP contribution in [0.25, 0.3) is 0 Å². The maximum Gasteiger partial charge on any atom is 0.0733 e. The number of rotatable bonds is 8. The number of benzene rings is 1. The van der Waals surface area contributed by atoms with E-state index in [2.05, 4.69) is 0 Å². The fraction of sp³-hybridized carbons (Fsp3) is 0.500. The van der Waals surface area contributed by atoms with Crippen molar-refractivity contribution in [2.45, 2.75) is 13.2 Å². The molecule has 4 nitrogen and oxygen atoms in total. The Hall–Kier alpha value is -0.360. The summed E-state index contributed by atoms with van der Waals surface area (Å²) in [7, 11) is 0. The van der Waals surface area contributed by atoms with E-state index in [-0.39, 0.29) is 26.4 Å². The van der Waals surface area contributed by atoms with Crippen LogP contribution in [0, 0.1) is 0 Å². The second kappa shape index (κ2) is 8.69. The summed E-state index contributed by atoms with van der Waals surface area (Å²) in [5.41, 5.74) is 1.53. The lowest BCUT2D eigenvalue weighted by molar-refractivity contribution is 0.0802. The zero-order valence-electron chi connectivity index (χ0n) is 9.86. The highest BCUT2D eigenvalue weighted by Gasteiger charge is 2.08. The van der Waals surface area contributed by atoms with Crippen molar-refractivity contribution >= 4 is 23.2 Å². The minimum atomic E-state index is -0.0293. The van der Waals surface area contributed by atoms with E-state index in [1.165, 1.54) is 0 Å². The molecule has 0 saturated heterocycles. The number of ether oxygens (including phenoxy) is 2. The summed E-state index contributed by atoms with van der Waals surface area (Å²) in [4.78, 5) is 0. The molecule has 0 bridgehead atoms. The predicted molar refractivity (Wildman–Crippen MR) is 69.9 cm³/mol. The molecule has 0 atom stereocenters. The van der Waals surface area contributed by atoms with Crippen LogP contribution >= 0.6 is 23.2 Å². The molecule has 0 aliphatic heterocycles. The molecule has 0 aliphatic carbocycles. The van der Waals surface area contributed by atoms with Gasteiger partial charge in [-0.1, -0.05) is 23.2 Å². The fourth-order valence-corrected chi connectivity index (χ4v) is 1.83. The highest BCUT2D eigenvalue weighted by atomic mass is 35.5. The SMILES string of the molecule is OCCOCc1cc(Cl)c(COCCO)cc1Cl. The lowest BCUT2D eigenvalue weighted by Gasteiger charge is -2.10. The lowest BCUT2D eigenvalue weighted by Crippen LogP contribution is -2.02. The van der Waals surface area contributed by atoms with Gasteiger partial charge in [0.2, 0.25) is 0 Å². The molecule has 102 valence electrons. The molecule has 0 aliphatic rings. The Morgan fingerprint density at radius 3 is 1.56 bits per heavy atom. The van der Waals surface area contributed by atoms with Gasteiger partial charge in [0.15, 0.2) is 0 Å². The van der Waals surface area contributed by atoms with Crippen LogP contribution in [-0.2, 0) is 22.7 Å². The van der Waals surface area contributed by atoms with Crippen LogP contribution in [0.15, 0.2) is 12.1 Å². The van der Waals surface area contributed by atoms with Gasteiger partial charge in [0.05, 0.1) is 39.6 Å². The van der Waals surface area contributed by atoms with Crippen molar-refractivity contribution in [3.63, 3.8) is 0 Å². The molecule has 0 fully saturated rings. The van der Waals surface area contributed by atoms with Crippen LogP contribution in [-0.4, -0.2) is 36.6 Å². The monoisotopic (exact) mass is 294 g/mol. The van der Waals surface area contributed by atoms with Gasteiger partial charge in [-0.05, 0) is 23.3 Å². The zero-order chi connectivity index (χ0) is 13.4. The molecular formula is C12H16Cl2O4. The van der Waals surface area contributed by atoms with E-state index in [9.17, 15) is 0 Å². The van der Waals surface area contributed by atoms with E-state index in [0.717, 1.165) is 11.1 Å². The fourth-order valence-electron chi connectivity index (χ4n) is 1.34. The first-order valence-electron chi connectivity index (χ1n) is 5.53. The molecular weight excluding hydrogens is 279 g/mol. The topological polar surface area (TPSA) is 58.9 Å². The molecule has 0 unspecified atom stereocenters. The Kier molecular flexibility index (Phi) is 7.58. The maximum atomic E-state index is 8.61. The zero-order valence-corrected chi connectivity index (χ0v) is 11.4. The van der Waals surface area contributed by atoms with E-state index in [0.29, 0.717) is 23.3 Å². The molecule has 0 radical (unpaired) electrons. The third-order valence-electron chi connectivity index (χ3n) is 2.20. The smallest absolute Gasteiger partial charge is 0.0733 e. The number of halogens is 2. The van der Waals surface area contributed by atoms with Gasteiger partial charge < -0.3 is 19.7 Å². The maximum absolute atomic E-state index is 8.61. The third-order valence-corrected chi connectivity index (χ3v) is 2.91. The summed E-state index contributed by atoms with van der Waals surface area (Å²) in [6.07, 6.45) is 0. The second-order valence-corrected chi connectivity index (χ2v) is 4.40. The predicted octanol–water partition coefficient (Wildman–Crippen LogP) is 2.01. The summed E-state index contributed by atoms with van der Waals surface area (Å²) >= 11 is 12.2. The van der Waals surface area contributed by atoms with Crippen molar-refractivity contribution in [3.8, 4) is 0 Å². The highest BCUT2D eigenvalue weighted by Crippen LogP contribution is 2.26. The van der Waals surface area contributed by atoms with Gasteiger partial charge in [0.1, 0.15) is 0 Å². The summed E-state index contributed by atoms with van der Waals surface area (Å²) in [6, 6.07) is 3.44. The minimum absolute atomic E-state index is 0.0293. The molecule has 18 heavy (non-hydrogen) atoms. The Morgan fingerprint density at radius 1 is 0.833 bits per heavy atom. The van der Waals surface area contributed by atoms with Crippen LogP contribution in [0.1, 0.15) is 11.1 Å². The summed E-state index contributed by atoms with van der Waals surface area (Å²) < 4.78 is 10.4. The molecule has 1 aromatic carbocycles. The first-order valence-corrected chi connectivity index (χ1v) is 6.28. The van der Waals surface area contributed by atoms with Gasteiger partial charge in [-0.25, -0.2) is 0 Å². The van der Waals surface area contributed by atoms with Crippen molar-refractivity contribution in [1.29, 1.82) is 0 Å². The van der Waals surface area contributed by atoms with Gasteiger partial charge in [0, 0.05) is 10.0 Å². The average molecular weight is 295 g/mol. The molecule has 1 aromatic rings. The number of aliphatic hydroxyl groups is 2. The van der Waals surface area contributed by atoms with E-state index < -0.39 is 0 Å².